The summed E-state index contributed by atoms with van der Waals surface area (Å²) in [6.45, 7) is 4.62. The summed E-state index contributed by atoms with van der Waals surface area (Å²) in [6, 6.07) is 3.59. The number of benzene rings is 1. The molecule has 1 aromatic carbocycles. The molecule has 0 bridgehead atoms. The molecule has 0 aliphatic heterocycles. The topological polar surface area (TPSA) is 52.6 Å². The average Bonchev–Trinajstić information content (AvgIpc) is 2.44. The standard InChI is InChI=1S/C15H18F2O4/c1-4-20-13(18)15(3,14(19)21-5-2)9-10-7-6-8-11(16)12(10)17/h6-8H,4-5,9H2,1-3H3. The van der Waals surface area contributed by atoms with Gasteiger partial charge in [-0.05, 0) is 32.4 Å². The van der Waals surface area contributed by atoms with E-state index in [9.17, 15) is 18.4 Å². The zero-order chi connectivity index (χ0) is 16.0. The van der Waals surface area contributed by atoms with Crippen molar-refractivity contribution >= 4 is 11.9 Å². The molecule has 21 heavy (non-hydrogen) atoms. The molecule has 4 nitrogen and oxygen atoms in total. The maximum atomic E-state index is 13.8. The molecule has 0 atom stereocenters. The fraction of sp³-hybridized carbons (Fsp3) is 0.467. The second-order valence-corrected chi connectivity index (χ2v) is 4.66. The smallest absolute Gasteiger partial charge is 0.323 e. The van der Waals surface area contributed by atoms with Gasteiger partial charge in [-0.25, -0.2) is 8.78 Å². The molecule has 1 aromatic rings. The first-order chi connectivity index (χ1) is 9.86. The van der Waals surface area contributed by atoms with Crippen molar-refractivity contribution in [1.82, 2.24) is 0 Å². The normalized spacial score (nSPS) is 11.1. The van der Waals surface area contributed by atoms with Crippen LogP contribution in [0.2, 0.25) is 0 Å². The first-order valence-electron chi connectivity index (χ1n) is 6.64. The maximum absolute atomic E-state index is 13.8. The lowest BCUT2D eigenvalue weighted by Gasteiger charge is -2.25. The second-order valence-electron chi connectivity index (χ2n) is 4.66. The van der Waals surface area contributed by atoms with Gasteiger partial charge in [0, 0.05) is 6.42 Å². The van der Waals surface area contributed by atoms with Gasteiger partial charge >= 0.3 is 11.9 Å². The summed E-state index contributed by atoms with van der Waals surface area (Å²) in [6.07, 6.45) is -0.339. The van der Waals surface area contributed by atoms with E-state index in [0.29, 0.717) is 0 Å². The molecule has 0 N–H and O–H groups in total. The van der Waals surface area contributed by atoms with Crippen molar-refractivity contribution in [3.8, 4) is 0 Å². The van der Waals surface area contributed by atoms with E-state index in [2.05, 4.69) is 0 Å². The van der Waals surface area contributed by atoms with Crippen LogP contribution in [0.3, 0.4) is 0 Å². The van der Waals surface area contributed by atoms with Crippen LogP contribution in [0.15, 0.2) is 18.2 Å². The number of rotatable bonds is 6. The number of ether oxygens (including phenoxy) is 2. The number of hydrogen-bond acceptors (Lipinski definition) is 4. The van der Waals surface area contributed by atoms with Crippen LogP contribution in [0.5, 0.6) is 0 Å². The summed E-state index contributed by atoms with van der Waals surface area (Å²) < 4.78 is 36.7. The number of hydrogen-bond donors (Lipinski definition) is 0. The Morgan fingerprint density at radius 2 is 1.62 bits per heavy atom. The van der Waals surface area contributed by atoms with Crippen LogP contribution in [0.4, 0.5) is 8.78 Å². The molecule has 116 valence electrons. The van der Waals surface area contributed by atoms with Crippen LogP contribution in [-0.4, -0.2) is 25.2 Å². The van der Waals surface area contributed by atoms with E-state index in [-0.39, 0.29) is 25.2 Å². The van der Waals surface area contributed by atoms with Gasteiger partial charge in [-0.3, -0.25) is 9.59 Å². The second kappa shape index (κ2) is 7.15. The van der Waals surface area contributed by atoms with Crippen molar-refractivity contribution in [3.05, 3.63) is 35.4 Å². The van der Waals surface area contributed by atoms with E-state index < -0.39 is 29.0 Å². The van der Waals surface area contributed by atoms with Gasteiger partial charge in [0.05, 0.1) is 13.2 Å². The molecule has 0 saturated carbocycles. The van der Waals surface area contributed by atoms with E-state index in [4.69, 9.17) is 9.47 Å². The molecule has 1 rings (SSSR count). The fourth-order valence-electron chi connectivity index (χ4n) is 1.87. The lowest BCUT2D eigenvalue weighted by molar-refractivity contribution is -0.170. The first kappa shape index (κ1) is 17.1. The van der Waals surface area contributed by atoms with Gasteiger partial charge in [-0.1, -0.05) is 12.1 Å². The predicted molar refractivity (Wildman–Crippen MR) is 71.4 cm³/mol. The van der Waals surface area contributed by atoms with Crippen LogP contribution in [0.1, 0.15) is 26.3 Å². The summed E-state index contributed by atoms with van der Waals surface area (Å²) in [5.41, 5.74) is -1.81. The molecule has 0 unspecified atom stereocenters. The SMILES string of the molecule is CCOC(=O)C(C)(Cc1cccc(F)c1F)C(=O)OCC. The minimum atomic E-state index is -1.72. The number of esters is 2. The van der Waals surface area contributed by atoms with Crippen molar-refractivity contribution in [1.29, 1.82) is 0 Å². The molecular weight excluding hydrogens is 282 g/mol. The Hall–Kier alpha value is -1.98. The van der Waals surface area contributed by atoms with Gasteiger partial charge in [-0.15, -0.1) is 0 Å². The van der Waals surface area contributed by atoms with E-state index >= 15 is 0 Å². The quantitative estimate of drug-likeness (QED) is 0.598. The Morgan fingerprint density at radius 3 is 2.10 bits per heavy atom. The minimum absolute atomic E-state index is 0.0689. The molecule has 0 heterocycles. The summed E-state index contributed by atoms with van der Waals surface area (Å²) in [4.78, 5) is 24.1. The third-order valence-corrected chi connectivity index (χ3v) is 3.03. The predicted octanol–water partition coefficient (Wildman–Crippen LogP) is 2.64. The van der Waals surface area contributed by atoms with Gasteiger partial charge < -0.3 is 9.47 Å². The lowest BCUT2D eigenvalue weighted by atomic mass is 9.83. The number of halogens is 2. The summed E-state index contributed by atoms with van der Waals surface area (Å²) in [7, 11) is 0. The Bertz CT molecular complexity index is 510. The molecule has 0 saturated heterocycles. The highest BCUT2D eigenvalue weighted by atomic mass is 19.2. The number of carbonyl (C=O) groups is 2. The highest BCUT2D eigenvalue weighted by Gasteiger charge is 2.45. The van der Waals surface area contributed by atoms with Crippen molar-refractivity contribution in [2.75, 3.05) is 13.2 Å². The van der Waals surface area contributed by atoms with Crippen molar-refractivity contribution < 1.29 is 27.8 Å². The van der Waals surface area contributed by atoms with Crippen molar-refractivity contribution in [3.63, 3.8) is 0 Å². The summed E-state index contributed by atoms with van der Waals surface area (Å²) in [5, 5.41) is 0. The fourth-order valence-corrected chi connectivity index (χ4v) is 1.87. The molecule has 6 heteroatoms. The lowest BCUT2D eigenvalue weighted by Crippen LogP contribution is -2.41. The van der Waals surface area contributed by atoms with Gasteiger partial charge in [0.15, 0.2) is 17.0 Å². The highest BCUT2D eigenvalue weighted by Crippen LogP contribution is 2.28. The van der Waals surface area contributed by atoms with Crippen LogP contribution < -0.4 is 0 Å². The van der Waals surface area contributed by atoms with E-state index in [0.717, 1.165) is 6.07 Å². The highest BCUT2D eigenvalue weighted by molar-refractivity contribution is 5.99. The Morgan fingerprint density at radius 1 is 1.10 bits per heavy atom. The van der Waals surface area contributed by atoms with Crippen LogP contribution >= 0.6 is 0 Å². The molecular formula is C15H18F2O4. The van der Waals surface area contributed by atoms with E-state index in [1.807, 2.05) is 0 Å². The average molecular weight is 300 g/mol. The van der Waals surface area contributed by atoms with Crippen LogP contribution in [0.25, 0.3) is 0 Å². The largest absolute Gasteiger partial charge is 0.465 e. The van der Waals surface area contributed by atoms with Crippen LogP contribution in [0, 0.1) is 17.0 Å². The summed E-state index contributed by atoms with van der Waals surface area (Å²) >= 11 is 0. The van der Waals surface area contributed by atoms with Gasteiger partial charge in [-0.2, -0.15) is 0 Å². The van der Waals surface area contributed by atoms with Crippen molar-refractivity contribution in [2.45, 2.75) is 27.2 Å². The van der Waals surface area contributed by atoms with E-state index in [1.165, 1.54) is 19.1 Å². The molecule has 0 amide bonds. The molecule has 0 aliphatic carbocycles. The molecule has 0 spiro atoms. The monoisotopic (exact) mass is 300 g/mol. The first-order valence-corrected chi connectivity index (χ1v) is 6.64. The molecule has 0 aromatic heterocycles. The minimum Gasteiger partial charge on any atom is -0.465 e. The summed E-state index contributed by atoms with van der Waals surface area (Å²) in [5.74, 6) is -3.78. The van der Waals surface area contributed by atoms with Crippen molar-refractivity contribution in [2.24, 2.45) is 5.41 Å². The van der Waals surface area contributed by atoms with E-state index in [1.54, 1.807) is 13.8 Å². The maximum Gasteiger partial charge on any atom is 0.323 e. The zero-order valence-corrected chi connectivity index (χ0v) is 12.2. The molecule has 0 radical (unpaired) electrons. The zero-order valence-electron chi connectivity index (χ0n) is 12.2. The third-order valence-electron chi connectivity index (χ3n) is 3.03. The van der Waals surface area contributed by atoms with Crippen LogP contribution in [-0.2, 0) is 25.5 Å². The van der Waals surface area contributed by atoms with Gasteiger partial charge in [0.1, 0.15) is 0 Å². The molecule has 0 fully saturated rings. The van der Waals surface area contributed by atoms with Gasteiger partial charge in [0.25, 0.3) is 0 Å². The Balaban J connectivity index is 3.16. The Kier molecular flexibility index (Phi) is 5.81. The van der Waals surface area contributed by atoms with Gasteiger partial charge in [0.2, 0.25) is 0 Å². The molecule has 0 aliphatic rings. The third kappa shape index (κ3) is 3.77. The number of carbonyl (C=O) groups excluding carboxylic acids is 2. The Labute approximate surface area is 122 Å².